The van der Waals surface area contributed by atoms with E-state index in [2.05, 4.69) is 10.2 Å². The minimum absolute atomic E-state index is 0.0694. The highest BCUT2D eigenvalue weighted by Crippen LogP contribution is 2.31. The fourth-order valence-electron chi connectivity index (χ4n) is 6.41. The molecule has 0 radical (unpaired) electrons. The number of hydrogen-bond donors (Lipinski definition) is 3. The summed E-state index contributed by atoms with van der Waals surface area (Å²) in [6.45, 7) is 10.8. The predicted octanol–water partition coefficient (Wildman–Crippen LogP) is 3.41. The highest BCUT2D eigenvalue weighted by Gasteiger charge is 2.27. The fraction of sp³-hybridized carbons (Fsp3) is 0.412. The molecule has 0 saturated carbocycles. The number of carbonyl (C=O) groups is 2. The number of halogens is 3. The van der Waals surface area contributed by atoms with Gasteiger partial charge >= 0.3 is 11.9 Å². The smallest absolute Gasteiger partial charge is 0.341 e. The third-order valence-electron chi connectivity index (χ3n) is 9.05. The quantitative estimate of drug-likeness (QED) is 0.277. The Morgan fingerprint density at radius 1 is 0.816 bits per heavy atom. The molecule has 2 aromatic carbocycles. The first-order valence-corrected chi connectivity index (χ1v) is 16.1. The van der Waals surface area contributed by atoms with Crippen LogP contribution >= 0.6 is 0 Å². The van der Waals surface area contributed by atoms with Crippen LogP contribution in [0, 0.1) is 17.5 Å². The van der Waals surface area contributed by atoms with Crippen LogP contribution in [-0.4, -0.2) is 95.1 Å². The Bertz CT molecular complexity index is 2060. The first kappa shape index (κ1) is 35.4. The standard InChI is InChI=1S/C17H19F2N3O3.C17H20FN3O3/c1-3-21-8-11(17(24)25)16(23)10-6-12(18)15(13(19)14(10)21)22-5-4-20-9(2)7-22;1-3-20-10-12(17(23)24)16(22)11-8-13(18)15(9-14(11)20)21-6-4-19(2)5-7-21/h6,8-9,20H,3-5,7H2,1-2H3,(H,24,25);8-10H,3-7H2,1-2H3,(H,23,24). The number of aryl methyl sites for hydroxylation is 2. The number of rotatable bonds is 6. The zero-order valence-electron chi connectivity index (χ0n) is 27.7. The lowest BCUT2D eigenvalue weighted by Crippen LogP contribution is -2.49. The number of fused-ring (bicyclic) bond motifs is 2. The molecule has 4 aromatic rings. The van der Waals surface area contributed by atoms with Crippen molar-refractivity contribution in [3.8, 4) is 0 Å². The SMILES string of the molecule is CCn1cc(C(=O)O)c(=O)c2cc(F)c(N3CCN(C)CC3)cc21.CCn1cc(C(=O)O)c(=O)c2cc(F)c(N3CCNC(C)C3)c(F)c21. The second-order valence-electron chi connectivity index (χ2n) is 12.3. The van der Waals surface area contributed by atoms with Crippen LogP contribution in [0.2, 0.25) is 0 Å². The van der Waals surface area contributed by atoms with Gasteiger partial charge in [-0.15, -0.1) is 0 Å². The molecule has 49 heavy (non-hydrogen) atoms. The topological polar surface area (TPSA) is 140 Å². The van der Waals surface area contributed by atoms with Gasteiger partial charge in [-0.1, -0.05) is 0 Å². The van der Waals surface area contributed by atoms with E-state index in [-0.39, 0.29) is 40.1 Å². The van der Waals surface area contributed by atoms with Gasteiger partial charge < -0.3 is 39.4 Å². The summed E-state index contributed by atoms with van der Waals surface area (Å²) in [4.78, 5) is 52.9. The van der Waals surface area contributed by atoms with Gasteiger partial charge in [0.05, 0.1) is 22.1 Å². The van der Waals surface area contributed by atoms with E-state index in [0.717, 1.165) is 25.4 Å². The number of nitrogens with one attached hydrogen (secondary N) is 1. The number of likely N-dealkylation sites (N-methyl/N-ethyl adjacent to an activating group) is 1. The molecule has 3 N–H and O–H groups in total. The largest absolute Gasteiger partial charge is 0.477 e. The van der Waals surface area contributed by atoms with E-state index in [1.54, 1.807) is 22.5 Å². The van der Waals surface area contributed by atoms with Crippen LogP contribution in [0.4, 0.5) is 24.5 Å². The van der Waals surface area contributed by atoms with E-state index < -0.39 is 45.8 Å². The van der Waals surface area contributed by atoms with E-state index in [0.29, 0.717) is 50.5 Å². The van der Waals surface area contributed by atoms with Crippen molar-refractivity contribution < 1.29 is 33.0 Å². The molecule has 2 aromatic heterocycles. The summed E-state index contributed by atoms with van der Waals surface area (Å²) < 4.78 is 47.5. The van der Waals surface area contributed by atoms with E-state index in [4.69, 9.17) is 5.11 Å². The molecule has 6 rings (SSSR count). The molecule has 2 saturated heterocycles. The van der Waals surface area contributed by atoms with Crippen molar-refractivity contribution in [1.82, 2.24) is 19.4 Å². The summed E-state index contributed by atoms with van der Waals surface area (Å²) >= 11 is 0. The Labute approximate surface area is 279 Å². The average molecular weight is 685 g/mol. The van der Waals surface area contributed by atoms with Crippen LogP contribution < -0.4 is 26.0 Å². The first-order chi connectivity index (χ1) is 23.3. The Hall–Kier alpha value is -4.89. The molecule has 1 atom stereocenters. The van der Waals surface area contributed by atoms with Crippen molar-refractivity contribution in [2.24, 2.45) is 0 Å². The number of pyridine rings is 2. The number of aromatic carboxylic acids is 2. The van der Waals surface area contributed by atoms with Gasteiger partial charge in [0, 0.05) is 82.7 Å². The molecule has 2 fully saturated rings. The van der Waals surface area contributed by atoms with Crippen molar-refractivity contribution in [2.75, 3.05) is 62.7 Å². The number of carboxylic acids is 2. The number of aromatic nitrogens is 2. The van der Waals surface area contributed by atoms with Crippen molar-refractivity contribution in [1.29, 1.82) is 0 Å². The highest BCUT2D eigenvalue weighted by atomic mass is 19.1. The molecular formula is C34H39F3N6O6. The van der Waals surface area contributed by atoms with Gasteiger partial charge in [-0.05, 0) is 46.0 Å². The monoisotopic (exact) mass is 684 g/mol. The van der Waals surface area contributed by atoms with E-state index in [1.165, 1.54) is 16.8 Å². The maximum atomic E-state index is 15.2. The Morgan fingerprint density at radius 2 is 1.39 bits per heavy atom. The minimum Gasteiger partial charge on any atom is -0.477 e. The molecule has 0 aliphatic carbocycles. The molecular weight excluding hydrogens is 645 g/mol. The molecule has 15 heteroatoms. The number of carboxylic acid groups (broad SMARTS) is 2. The number of piperazine rings is 2. The zero-order chi connectivity index (χ0) is 35.7. The predicted molar refractivity (Wildman–Crippen MR) is 181 cm³/mol. The summed E-state index contributed by atoms with van der Waals surface area (Å²) in [5, 5.41) is 21.4. The van der Waals surface area contributed by atoms with Crippen LogP contribution in [0.3, 0.4) is 0 Å². The maximum Gasteiger partial charge on any atom is 0.341 e. The van der Waals surface area contributed by atoms with Crippen molar-refractivity contribution in [2.45, 2.75) is 39.9 Å². The normalized spacial score (nSPS) is 16.9. The second-order valence-corrected chi connectivity index (χ2v) is 12.3. The molecule has 1 unspecified atom stereocenters. The molecule has 0 bridgehead atoms. The fourth-order valence-corrected chi connectivity index (χ4v) is 6.41. The van der Waals surface area contributed by atoms with Gasteiger partial charge in [0.25, 0.3) is 0 Å². The first-order valence-electron chi connectivity index (χ1n) is 16.1. The summed E-state index contributed by atoms with van der Waals surface area (Å²) in [6.07, 6.45) is 2.44. The van der Waals surface area contributed by atoms with Crippen molar-refractivity contribution in [3.63, 3.8) is 0 Å². The van der Waals surface area contributed by atoms with Gasteiger partial charge in [-0.2, -0.15) is 0 Å². The Morgan fingerprint density at radius 3 is 1.96 bits per heavy atom. The number of hydrogen-bond acceptors (Lipinski definition) is 8. The van der Waals surface area contributed by atoms with Gasteiger partial charge in [0.15, 0.2) is 5.82 Å². The zero-order valence-corrected chi connectivity index (χ0v) is 27.7. The summed E-state index contributed by atoms with van der Waals surface area (Å²) in [6, 6.07) is 3.85. The van der Waals surface area contributed by atoms with E-state index in [1.807, 2.05) is 25.8 Å². The van der Waals surface area contributed by atoms with E-state index in [9.17, 15) is 33.1 Å². The van der Waals surface area contributed by atoms with Crippen LogP contribution in [0.5, 0.6) is 0 Å². The van der Waals surface area contributed by atoms with Crippen LogP contribution in [-0.2, 0) is 13.1 Å². The Balaban J connectivity index is 0.000000191. The number of nitrogens with zero attached hydrogens (tertiary/aromatic N) is 5. The lowest BCUT2D eigenvalue weighted by molar-refractivity contribution is 0.0684. The van der Waals surface area contributed by atoms with Gasteiger partial charge in [-0.25, -0.2) is 22.8 Å². The summed E-state index contributed by atoms with van der Waals surface area (Å²) in [7, 11) is 2.02. The molecule has 2 aliphatic heterocycles. The Kier molecular flexibility index (Phi) is 10.3. The molecule has 2 aliphatic rings. The van der Waals surface area contributed by atoms with Gasteiger partial charge in [0.1, 0.15) is 28.4 Å². The minimum atomic E-state index is -1.42. The molecule has 0 amide bonds. The van der Waals surface area contributed by atoms with E-state index >= 15 is 4.39 Å². The van der Waals surface area contributed by atoms with Crippen molar-refractivity contribution >= 4 is 45.1 Å². The van der Waals surface area contributed by atoms with Gasteiger partial charge in [-0.3, -0.25) is 9.59 Å². The number of benzene rings is 2. The average Bonchev–Trinajstić information content (AvgIpc) is 3.06. The number of anilines is 2. The maximum absolute atomic E-state index is 15.2. The van der Waals surface area contributed by atoms with Crippen LogP contribution in [0.25, 0.3) is 21.8 Å². The third-order valence-corrected chi connectivity index (χ3v) is 9.05. The van der Waals surface area contributed by atoms with Gasteiger partial charge in [0.2, 0.25) is 10.9 Å². The third kappa shape index (κ3) is 6.85. The molecule has 0 spiro atoms. The van der Waals surface area contributed by atoms with Crippen LogP contribution in [0.15, 0.2) is 40.2 Å². The second kappa shape index (κ2) is 14.3. The molecule has 12 nitrogen and oxygen atoms in total. The lowest BCUT2D eigenvalue weighted by atomic mass is 10.1. The lowest BCUT2D eigenvalue weighted by Gasteiger charge is -2.34. The summed E-state index contributed by atoms with van der Waals surface area (Å²) in [5.41, 5.74) is -1.60. The van der Waals surface area contributed by atoms with Crippen molar-refractivity contribution in [3.05, 3.63) is 79.6 Å². The highest BCUT2D eigenvalue weighted by molar-refractivity contribution is 5.94. The summed E-state index contributed by atoms with van der Waals surface area (Å²) in [5.74, 6) is -4.90. The molecule has 262 valence electrons. The molecule has 4 heterocycles. The van der Waals surface area contributed by atoms with Crippen LogP contribution in [0.1, 0.15) is 41.5 Å².